The molecule has 2 aromatic rings. The lowest BCUT2D eigenvalue weighted by molar-refractivity contribution is 0.0371. The van der Waals surface area contributed by atoms with Gasteiger partial charge in [-0.05, 0) is 56.1 Å². The molecule has 0 unspecified atom stereocenters. The molecule has 1 aromatic heterocycles. The fourth-order valence-electron chi connectivity index (χ4n) is 4.32. The Morgan fingerprint density at radius 2 is 2.00 bits per heavy atom. The quantitative estimate of drug-likeness (QED) is 0.681. The van der Waals surface area contributed by atoms with E-state index in [1.165, 1.54) is 22.5 Å². The Morgan fingerprint density at radius 1 is 1.19 bits per heavy atom. The molecule has 4 heteroatoms. The highest BCUT2D eigenvalue weighted by atomic mass is 16.5. The third kappa shape index (κ3) is 4.17. The molecule has 4 nitrogen and oxygen atoms in total. The topological polar surface area (TPSA) is 36.3 Å². The lowest BCUT2D eigenvalue weighted by atomic mass is 9.72. The van der Waals surface area contributed by atoms with Crippen LogP contribution >= 0.6 is 0 Å². The van der Waals surface area contributed by atoms with Crippen LogP contribution in [0.15, 0.2) is 36.4 Å². The zero-order chi connectivity index (χ0) is 18.5. The molecular formula is C23H30N2O2. The Hall–Kier alpha value is -1.91. The van der Waals surface area contributed by atoms with Gasteiger partial charge >= 0.3 is 0 Å². The molecule has 0 amide bonds. The largest absolute Gasteiger partial charge is 0.381 e. The molecular weight excluding hydrogens is 336 g/mol. The Balaban J connectivity index is 1.38. The molecule has 0 atom stereocenters. The van der Waals surface area contributed by atoms with E-state index in [1.807, 2.05) is 6.07 Å². The van der Waals surface area contributed by atoms with Crippen molar-refractivity contribution in [1.29, 1.82) is 0 Å². The number of ether oxygens (including phenoxy) is 2. The number of nitrogens with zero attached hydrogens (tertiary/aromatic N) is 2. The number of hydrogen-bond acceptors (Lipinski definition) is 3. The Morgan fingerprint density at radius 3 is 2.78 bits per heavy atom. The number of hydrogen-bond donors (Lipinski definition) is 0. The van der Waals surface area contributed by atoms with Gasteiger partial charge in [0.15, 0.2) is 0 Å². The Kier molecular flexibility index (Phi) is 5.74. The van der Waals surface area contributed by atoms with Crippen LogP contribution in [-0.2, 0) is 35.5 Å². The number of allylic oxidation sites excluding steroid dienone is 1. The highest BCUT2D eigenvalue weighted by Gasteiger charge is 2.35. The first-order valence-corrected chi connectivity index (χ1v) is 10.3. The molecule has 2 heterocycles. The summed E-state index contributed by atoms with van der Waals surface area (Å²) in [5.74, 6) is 0. The third-order valence-electron chi connectivity index (χ3n) is 5.92. The molecule has 144 valence electrons. The van der Waals surface area contributed by atoms with Crippen molar-refractivity contribution in [3.8, 4) is 0 Å². The van der Waals surface area contributed by atoms with Gasteiger partial charge in [-0.1, -0.05) is 36.4 Å². The van der Waals surface area contributed by atoms with Crippen molar-refractivity contribution in [1.82, 2.24) is 9.78 Å². The maximum atomic E-state index is 5.89. The smallest absolute Gasteiger partial charge is 0.0883 e. The minimum atomic E-state index is 0.283. The predicted molar refractivity (Wildman–Crippen MR) is 108 cm³/mol. The van der Waals surface area contributed by atoms with Crippen LogP contribution in [0.3, 0.4) is 0 Å². The summed E-state index contributed by atoms with van der Waals surface area (Å²) >= 11 is 0. The molecule has 0 radical (unpaired) electrons. The molecule has 1 aliphatic heterocycles. The van der Waals surface area contributed by atoms with Crippen LogP contribution in [0.1, 0.15) is 48.7 Å². The van der Waals surface area contributed by atoms with Gasteiger partial charge in [0.2, 0.25) is 0 Å². The maximum absolute atomic E-state index is 5.89. The van der Waals surface area contributed by atoms with Crippen molar-refractivity contribution in [3.05, 3.63) is 58.9 Å². The summed E-state index contributed by atoms with van der Waals surface area (Å²) in [6, 6.07) is 10.4. The van der Waals surface area contributed by atoms with E-state index in [9.17, 15) is 0 Å². The number of benzene rings is 1. The molecule has 0 saturated carbocycles. The van der Waals surface area contributed by atoms with E-state index in [-0.39, 0.29) is 5.41 Å². The molecule has 1 saturated heterocycles. The zero-order valence-electron chi connectivity index (χ0n) is 16.3. The summed E-state index contributed by atoms with van der Waals surface area (Å²) in [6.07, 6.45) is 10.1. The van der Waals surface area contributed by atoms with Gasteiger partial charge in [0.25, 0.3) is 0 Å². The molecule has 2 aliphatic rings. The van der Waals surface area contributed by atoms with Crippen LogP contribution in [0, 0.1) is 5.41 Å². The number of aromatic nitrogens is 2. The summed E-state index contributed by atoms with van der Waals surface area (Å²) < 4.78 is 13.7. The van der Waals surface area contributed by atoms with Gasteiger partial charge in [0.1, 0.15) is 0 Å². The lowest BCUT2D eigenvalue weighted by Gasteiger charge is -2.36. The molecule has 4 rings (SSSR count). The van der Waals surface area contributed by atoms with Crippen LogP contribution in [0.5, 0.6) is 0 Å². The Labute approximate surface area is 162 Å². The van der Waals surface area contributed by atoms with Crippen molar-refractivity contribution in [2.24, 2.45) is 5.41 Å². The van der Waals surface area contributed by atoms with Crippen LogP contribution in [0.4, 0.5) is 0 Å². The maximum Gasteiger partial charge on any atom is 0.0883 e. The van der Waals surface area contributed by atoms with Gasteiger partial charge in [-0.25, -0.2) is 0 Å². The van der Waals surface area contributed by atoms with Gasteiger partial charge in [0, 0.05) is 37.6 Å². The molecule has 1 aliphatic carbocycles. The van der Waals surface area contributed by atoms with Gasteiger partial charge in [0.05, 0.1) is 12.3 Å². The SMILES string of the molecule is CCn1nc2c(c1CCCOCc1ccccc1)CC1(C=C2)CCOCC1. The summed E-state index contributed by atoms with van der Waals surface area (Å²) in [6.45, 7) is 6.35. The molecule has 1 fully saturated rings. The monoisotopic (exact) mass is 366 g/mol. The Bertz CT molecular complexity index is 773. The summed E-state index contributed by atoms with van der Waals surface area (Å²) in [5.41, 5.74) is 5.57. The molecule has 0 N–H and O–H groups in total. The first-order chi connectivity index (χ1) is 13.3. The van der Waals surface area contributed by atoms with Gasteiger partial charge in [-0.3, -0.25) is 4.68 Å². The van der Waals surface area contributed by atoms with Crippen LogP contribution in [0.2, 0.25) is 0 Å². The fraction of sp³-hybridized carbons (Fsp3) is 0.522. The number of aryl methyl sites for hydroxylation is 1. The first kappa shape index (κ1) is 18.5. The molecule has 27 heavy (non-hydrogen) atoms. The normalized spacial score (nSPS) is 18.0. The highest BCUT2D eigenvalue weighted by Crippen LogP contribution is 2.41. The van der Waals surface area contributed by atoms with E-state index >= 15 is 0 Å². The minimum absolute atomic E-state index is 0.283. The second-order valence-electron chi connectivity index (χ2n) is 7.75. The lowest BCUT2D eigenvalue weighted by Crippen LogP contribution is -2.31. The highest BCUT2D eigenvalue weighted by molar-refractivity contribution is 5.56. The second kappa shape index (κ2) is 8.41. The van der Waals surface area contributed by atoms with Crippen molar-refractivity contribution < 1.29 is 9.47 Å². The standard InChI is InChI=1S/C23H30N2O2/c1-2-25-22(9-6-14-27-18-19-7-4-3-5-8-19)20-17-23(11-10-21(20)24-25)12-15-26-16-13-23/h3-5,7-8,10-11H,2,6,9,12-18H2,1H3. The minimum Gasteiger partial charge on any atom is -0.381 e. The first-order valence-electron chi connectivity index (χ1n) is 10.3. The average Bonchev–Trinajstić information content (AvgIpc) is 3.06. The molecule has 1 aromatic carbocycles. The van der Waals surface area contributed by atoms with Crippen molar-refractivity contribution >= 4 is 6.08 Å². The average molecular weight is 367 g/mol. The van der Waals surface area contributed by atoms with Crippen molar-refractivity contribution in [2.75, 3.05) is 19.8 Å². The summed E-state index contributed by atoms with van der Waals surface area (Å²) in [5, 5.41) is 4.85. The molecule has 0 bridgehead atoms. The van der Waals surface area contributed by atoms with E-state index in [0.717, 1.165) is 58.5 Å². The van der Waals surface area contributed by atoms with E-state index in [2.05, 4.69) is 48.0 Å². The summed E-state index contributed by atoms with van der Waals surface area (Å²) in [4.78, 5) is 0. The number of rotatable bonds is 7. The van der Waals surface area contributed by atoms with Crippen LogP contribution in [0.25, 0.3) is 6.08 Å². The van der Waals surface area contributed by atoms with E-state index in [0.29, 0.717) is 6.61 Å². The van der Waals surface area contributed by atoms with Gasteiger partial charge < -0.3 is 9.47 Å². The van der Waals surface area contributed by atoms with Crippen LogP contribution in [-0.4, -0.2) is 29.6 Å². The second-order valence-corrected chi connectivity index (χ2v) is 7.75. The van der Waals surface area contributed by atoms with Gasteiger partial charge in [-0.15, -0.1) is 0 Å². The van der Waals surface area contributed by atoms with Crippen LogP contribution < -0.4 is 0 Å². The number of fused-ring (bicyclic) bond motifs is 1. The predicted octanol–water partition coefficient (Wildman–Crippen LogP) is 4.42. The van der Waals surface area contributed by atoms with E-state index in [1.54, 1.807) is 0 Å². The zero-order valence-corrected chi connectivity index (χ0v) is 16.3. The van der Waals surface area contributed by atoms with Crippen molar-refractivity contribution in [3.63, 3.8) is 0 Å². The van der Waals surface area contributed by atoms with Gasteiger partial charge in [-0.2, -0.15) is 5.10 Å². The molecule has 1 spiro atoms. The summed E-state index contributed by atoms with van der Waals surface area (Å²) in [7, 11) is 0. The van der Waals surface area contributed by atoms with Crippen molar-refractivity contribution in [2.45, 2.75) is 52.2 Å². The van der Waals surface area contributed by atoms with E-state index < -0.39 is 0 Å². The van der Waals surface area contributed by atoms with E-state index in [4.69, 9.17) is 14.6 Å². The third-order valence-corrected chi connectivity index (χ3v) is 5.92. The fourth-order valence-corrected chi connectivity index (χ4v) is 4.32.